The molecule has 16 heavy (non-hydrogen) atoms. The number of benzene rings is 1. The highest BCUT2D eigenvalue weighted by molar-refractivity contribution is 5.17. The smallest absolute Gasteiger partial charge is 0.126 e. The van der Waals surface area contributed by atoms with E-state index in [0.717, 1.165) is 25.1 Å². The lowest BCUT2D eigenvalue weighted by Crippen LogP contribution is -2.35. The summed E-state index contributed by atoms with van der Waals surface area (Å²) in [5, 5.41) is 3.30. The van der Waals surface area contributed by atoms with E-state index in [4.69, 9.17) is 4.74 Å². The molecule has 2 rings (SSSR count). The number of hydrogen-bond acceptors (Lipinski definition) is 2. The van der Waals surface area contributed by atoms with Crippen LogP contribution >= 0.6 is 0 Å². The Hall–Kier alpha value is -0.930. The van der Waals surface area contributed by atoms with E-state index in [1.165, 1.54) is 12.5 Å². The van der Waals surface area contributed by atoms with Crippen LogP contribution in [0.4, 0.5) is 4.39 Å². The second-order valence-corrected chi connectivity index (χ2v) is 4.18. The predicted octanol–water partition coefficient (Wildman–Crippen LogP) is 2.14. The summed E-state index contributed by atoms with van der Waals surface area (Å²) in [4.78, 5) is 0. The van der Waals surface area contributed by atoms with Crippen molar-refractivity contribution < 1.29 is 9.13 Å². The van der Waals surface area contributed by atoms with Gasteiger partial charge in [-0.1, -0.05) is 18.2 Å². The topological polar surface area (TPSA) is 21.3 Å². The fourth-order valence-corrected chi connectivity index (χ4v) is 2.00. The van der Waals surface area contributed by atoms with Crippen molar-refractivity contribution in [1.29, 1.82) is 0 Å². The number of ether oxygens (including phenoxy) is 1. The van der Waals surface area contributed by atoms with Gasteiger partial charge in [0.2, 0.25) is 0 Å². The fraction of sp³-hybridized carbons (Fsp3) is 0.538. The molecule has 88 valence electrons. The summed E-state index contributed by atoms with van der Waals surface area (Å²) in [5.41, 5.74) is 0.742. The Bertz CT molecular complexity index is 323. The SMILES string of the molecule is Fc1ccccc1CCOC1CCCNC1. The van der Waals surface area contributed by atoms with Crippen molar-refractivity contribution in [2.75, 3.05) is 19.7 Å². The molecule has 1 atom stereocenters. The van der Waals surface area contributed by atoms with Crippen LogP contribution in [0.5, 0.6) is 0 Å². The van der Waals surface area contributed by atoms with E-state index in [1.807, 2.05) is 12.1 Å². The first-order valence-electron chi connectivity index (χ1n) is 5.92. The van der Waals surface area contributed by atoms with Crippen LogP contribution in [0, 0.1) is 5.82 Å². The molecule has 1 saturated heterocycles. The Labute approximate surface area is 95.8 Å². The molecule has 1 heterocycles. The number of nitrogens with one attached hydrogen (secondary N) is 1. The third kappa shape index (κ3) is 3.29. The molecule has 0 amide bonds. The van der Waals surface area contributed by atoms with Gasteiger partial charge in [-0.3, -0.25) is 0 Å². The van der Waals surface area contributed by atoms with Crippen molar-refractivity contribution in [3.8, 4) is 0 Å². The van der Waals surface area contributed by atoms with Crippen molar-refractivity contribution in [3.05, 3.63) is 35.6 Å². The van der Waals surface area contributed by atoms with Gasteiger partial charge in [-0.25, -0.2) is 4.39 Å². The highest BCUT2D eigenvalue weighted by Crippen LogP contribution is 2.10. The summed E-state index contributed by atoms with van der Waals surface area (Å²) < 4.78 is 19.0. The Morgan fingerprint density at radius 1 is 1.38 bits per heavy atom. The van der Waals surface area contributed by atoms with Gasteiger partial charge in [-0.05, 0) is 37.4 Å². The summed E-state index contributed by atoms with van der Waals surface area (Å²) >= 11 is 0. The quantitative estimate of drug-likeness (QED) is 0.844. The van der Waals surface area contributed by atoms with Crippen molar-refractivity contribution in [2.24, 2.45) is 0 Å². The van der Waals surface area contributed by atoms with Crippen molar-refractivity contribution in [2.45, 2.75) is 25.4 Å². The van der Waals surface area contributed by atoms with Crippen LogP contribution in [0.1, 0.15) is 18.4 Å². The summed E-state index contributed by atoms with van der Waals surface area (Å²) in [5.74, 6) is -0.132. The van der Waals surface area contributed by atoms with Crippen LogP contribution in [0.25, 0.3) is 0 Å². The molecule has 2 nitrogen and oxygen atoms in total. The second-order valence-electron chi connectivity index (χ2n) is 4.18. The highest BCUT2D eigenvalue weighted by atomic mass is 19.1. The number of piperidine rings is 1. The van der Waals surface area contributed by atoms with Crippen LogP contribution in [0.15, 0.2) is 24.3 Å². The molecule has 0 bridgehead atoms. The van der Waals surface area contributed by atoms with Crippen LogP contribution < -0.4 is 5.32 Å². The first-order chi connectivity index (χ1) is 7.86. The summed E-state index contributed by atoms with van der Waals surface area (Å²) in [6.45, 7) is 2.62. The zero-order valence-electron chi connectivity index (χ0n) is 9.42. The van der Waals surface area contributed by atoms with Gasteiger partial charge in [0.15, 0.2) is 0 Å². The molecule has 1 aliphatic heterocycles. The summed E-state index contributed by atoms with van der Waals surface area (Å²) in [6, 6.07) is 6.89. The minimum Gasteiger partial charge on any atom is -0.377 e. The van der Waals surface area contributed by atoms with Crippen LogP contribution in [-0.4, -0.2) is 25.8 Å². The van der Waals surface area contributed by atoms with Crippen molar-refractivity contribution in [1.82, 2.24) is 5.32 Å². The molecule has 0 saturated carbocycles. The zero-order valence-corrected chi connectivity index (χ0v) is 9.42. The largest absolute Gasteiger partial charge is 0.377 e. The van der Waals surface area contributed by atoms with Gasteiger partial charge in [0, 0.05) is 6.54 Å². The lowest BCUT2D eigenvalue weighted by atomic mass is 10.1. The van der Waals surface area contributed by atoms with E-state index in [-0.39, 0.29) is 5.82 Å². The molecule has 1 unspecified atom stereocenters. The molecule has 0 aliphatic carbocycles. The monoisotopic (exact) mass is 223 g/mol. The van der Waals surface area contributed by atoms with Gasteiger partial charge in [0.1, 0.15) is 5.82 Å². The lowest BCUT2D eigenvalue weighted by molar-refractivity contribution is 0.0387. The molecule has 3 heteroatoms. The molecule has 1 aromatic rings. The van der Waals surface area contributed by atoms with Crippen molar-refractivity contribution >= 4 is 0 Å². The summed E-state index contributed by atoms with van der Waals surface area (Å²) in [7, 11) is 0. The molecule has 0 spiro atoms. The minimum atomic E-state index is -0.132. The second kappa shape index (κ2) is 5.97. The van der Waals surface area contributed by atoms with Crippen molar-refractivity contribution in [3.63, 3.8) is 0 Å². The molecule has 1 fully saturated rings. The minimum absolute atomic E-state index is 0.132. The van der Waals surface area contributed by atoms with Crippen LogP contribution in [-0.2, 0) is 11.2 Å². The summed E-state index contributed by atoms with van der Waals surface area (Å²) in [6.07, 6.45) is 3.25. The third-order valence-corrected chi connectivity index (χ3v) is 2.93. The molecule has 1 aliphatic rings. The van der Waals surface area contributed by atoms with Gasteiger partial charge < -0.3 is 10.1 Å². The van der Waals surface area contributed by atoms with Gasteiger partial charge in [-0.15, -0.1) is 0 Å². The molecule has 1 aromatic carbocycles. The molecular formula is C13H18FNO. The number of hydrogen-bond donors (Lipinski definition) is 1. The Balaban J connectivity index is 1.73. The molecule has 0 radical (unpaired) electrons. The van der Waals surface area contributed by atoms with Gasteiger partial charge in [0.25, 0.3) is 0 Å². The highest BCUT2D eigenvalue weighted by Gasteiger charge is 2.12. The first kappa shape index (κ1) is 11.6. The molecule has 1 N–H and O–H groups in total. The van der Waals surface area contributed by atoms with Crippen LogP contribution in [0.3, 0.4) is 0 Å². The Morgan fingerprint density at radius 3 is 3.00 bits per heavy atom. The van der Waals surface area contributed by atoms with Gasteiger partial charge >= 0.3 is 0 Å². The predicted molar refractivity (Wildman–Crippen MR) is 61.9 cm³/mol. The van der Waals surface area contributed by atoms with E-state index in [1.54, 1.807) is 6.07 Å². The van der Waals surface area contributed by atoms with E-state index in [9.17, 15) is 4.39 Å². The maximum Gasteiger partial charge on any atom is 0.126 e. The maximum atomic E-state index is 13.3. The average Bonchev–Trinajstić information content (AvgIpc) is 2.33. The van der Waals surface area contributed by atoms with E-state index in [0.29, 0.717) is 19.1 Å². The van der Waals surface area contributed by atoms with E-state index in [2.05, 4.69) is 5.32 Å². The lowest BCUT2D eigenvalue weighted by Gasteiger charge is -2.23. The fourth-order valence-electron chi connectivity index (χ4n) is 2.00. The average molecular weight is 223 g/mol. The van der Waals surface area contributed by atoms with E-state index >= 15 is 0 Å². The number of halogens is 1. The molecular weight excluding hydrogens is 205 g/mol. The zero-order chi connectivity index (χ0) is 11.2. The molecule has 0 aromatic heterocycles. The number of rotatable bonds is 4. The van der Waals surface area contributed by atoms with Crippen LogP contribution in [0.2, 0.25) is 0 Å². The van der Waals surface area contributed by atoms with Gasteiger partial charge in [0.05, 0.1) is 12.7 Å². The maximum absolute atomic E-state index is 13.3. The third-order valence-electron chi connectivity index (χ3n) is 2.93. The first-order valence-corrected chi connectivity index (χ1v) is 5.92. The normalized spacial score (nSPS) is 20.9. The standard InChI is InChI=1S/C13H18FNO/c14-13-6-2-1-4-11(13)7-9-16-12-5-3-8-15-10-12/h1-2,4,6,12,15H,3,5,7-10H2. The van der Waals surface area contributed by atoms with E-state index < -0.39 is 0 Å². The van der Waals surface area contributed by atoms with Gasteiger partial charge in [-0.2, -0.15) is 0 Å². The Kier molecular flexibility index (Phi) is 4.31. The Morgan fingerprint density at radius 2 is 2.25 bits per heavy atom.